The molecule has 0 unspecified atom stereocenters. The summed E-state index contributed by atoms with van der Waals surface area (Å²) < 4.78 is 10.9. The van der Waals surface area contributed by atoms with Crippen LogP contribution >= 0.6 is 11.8 Å². The molecule has 0 saturated carbocycles. The van der Waals surface area contributed by atoms with E-state index in [1.54, 1.807) is 20.3 Å². The highest BCUT2D eigenvalue weighted by molar-refractivity contribution is 7.98. The van der Waals surface area contributed by atoms with Crippen molar-refractivity contribution < 1.29 is 14.3 Å². The van der Waals surface area contributed by atoms with Crippen LogP contribution in [0.2, 0.25) is 0 Å². The van der Waals surface area contributed by atoms with Crippen LogP contribution in [0.1, 0.15) is 49.3 Å². The molecular weight excluding hydrogens is 474 g/mol. The minimum Gasteiger partial charge on any atom is -0.493 e. The van der Waals surface area contributed by atoms with Crippen molar-refractivity contribution in [2.75, 3.05) is 19.5 Å². The fourth-order valence-electron chi connectivity index (χ4n) is 5.05. The zero-order valence-corrected chi connectivity index (χ0v) is 21.6. The Bertz CT molecular complexity index is 1410. The van der Waals surface area contributed by atoms with Gasteiger partial charge < -0.3 is 19.8 Å². The van der Waals surface area contributed by atoms with Crippen molar-refractivity contribution in [2.45, 2.75) is 43.5 Å². The van der Waals surface area contributed by atoms with Gasteiger partial charge in [0, 0.05) is 29.4 Å². The zero-order chi connectivity index (χ0) is 25.4. The van der Waals surface area contributed by atoms with Crippen LogP contribution in [0.15, 0.2) is 69.8 Å². The minimum absolute atomic E-state index is 0.0427. The number of rotatable bonds is 6. The van der Waals surface area contributed by atoms with E-state index in [0.29, 0.717) is 52.2 Å². The van der Waals surface area contributed by atoms with Crippen LogP contribution < -0.4 is 20.3 Å². The first kappa shape index (κ1) is 24.2. The number of carbonyl (C=O) groups excluding carboxylic acids is 1. The number of Topliss-reactive ketones (excluding diaryl/α,β-unsaturated/α-hetero) is 1. The Balaban J connectivity index is 1.62. The fraction of sp³-hybridized carbons (Fsp3) is 0.321. The van der Waals surface area contributed by atoms with Crippen molar-refractivity contribution >= 4 is 23.4 Å². The quantitative estimate of drug-likeness (QED) is 0.349. The van der Waals surface area contributed by atoms with Gasteiger partial charge in [0.2, 0.25) is 0 Å². The Morgan fingerprint density at radius 2 is 1.78 bits per heavy atom. The number of H-pyrrole nitrogens is 1. The van der Waals surface area contributed by atoms with Gasteiger partial charge >= 0.3 is 0 Å². The zero-order valence-electron chi connectivity index (χ0n) is 20.8. The molecule has 2 aromatic carbocycles. The molecule has 8 heteroatoms. The third-order valence-corrected chi connectivity index (χ3v) is 7.60. The van der Waals surface area contributed by atoms with Crippen LogP contribution in [0.3, 0.4) is 0 Å². The van der Waals surface area contributed by atoms with E-state index in [2.05, 4.69) is 24.1 Å². The van der Waals surface area contributed by atoms with Crippen molar-refractivity contribution in [3.63, 3.8) is 0 Å². The van der Waals surface area contributed by atoms with Crippen molar-refractivity contribution in [2.24, 2.45) is 5.41 Å². The average molecular weight is 504 g/mol. The molecule has 2 heterocycles. The highest BCUT2D eigenvalue weighted by atomic mass is 32.2. The molecule has 2 N–H and O–H groups in total. The van der Waals surface area contributed by atoms with Crippen LogP contribution in [0, 0.1) is 5.41 Å². The molecule has 1 aliphatic heterocycles. The summed E-state index contributed by atoms with van der Waals surface area (Å²) in [7, 11) is 3.15. The van der Waals surface area contributed by atoms with Gasteiger partial charge in [-0.05, 0) is 35.1 Å². The second kappa shape index (κ2) is 9.50. The van der Waals surface area contributed by atoms with Gasteiger partial charge in [0.25, 0.3) is 5.56 Å². The molecule has 0 amide bonds. The van der Waals surface area contributed by atoms with Gasteiger partial charge in [-0.1, -0.05) is 62.0 Å². The molecular formula is C28H29N3O4S. The summed E-state index contributed by atoms with van der Waals surface area (Å²) in [6, 6.07) is 15.6. The smallest absolute Gasteiger partial charge is 0.257 e. The number of aromatic nitrogens is 2. The average Bonchev–Trinajstić information content (AvgIpc) is 2.85. The lowest BCUT2D eigenvalue weighted by atomic mass is 9.69. The van der Waals surface area contributed by atoms with Gasteiger partial charge in [0.1, 0.15) is 5.82 Å². The lowest BCUT2D eigenvalue weighted by molar-refractivity contribution is -0.118. The monoisotopic (exact) mass is 503 g/mol. The number of fused-ring (bicyclic) bond motifs is 1. The molecule has 0 fully saturated rings. The number of carbonyl (C=O) groups is 1. The molecule has 0 spiro atoms. The van der Waals surface area contributed by atoms with E-state index in [4.69, 9.17) is 14.5 Å². The number of methoxy groups -OCH3 is 2. The van der Waals surface area contributed by atoms with Gasteiger partial charge in [0.15, 0.2) is 22.4 Å². The number of ketones is 1. The van der Waals surface area contributed by atoms with E-state index in [9.17, 15) is 9.59 Å². The third-order valence-electron chi connectivity index (χ3n) is 6.66. The predicted molar refractivity (Wildman–Crippen MR) is 141 cm³/mol. The Hall–Kier alpha value is -3.52. The van der Waals surface area contributed by atoms with Gasteiger partial charge in [-0.3, -0.25) is 9.59 Å². The summed E-state index contributed by atoms with van der Waals surface area (Å²) in [4.78, 5) is 34.7. The second-order valence-electron chi connectivity index (χ2n) is 9.91. The lowest BCUT2D eigenvalue weighted by Crippen LogP contribution is -2.37. The van der Waals surface area contributed by atoms with E-state index >= 15 is 0 Å². The Labute approximate surface area is 214 Å². The molecule has 186 valence electrons. The van der Waals surface area contributed by atoms with Gasteiger partial charge in [0.05, 0.1) is 19.8 Å². The van der Waals surface area contributed by atoms with E-state index in [-0.39, 0.29) is 16.8 Å². The highest BCUT2D eigenvalue weighted by Crippen LogP contribution is 2.48. The molecule has 0 radical (unpaired) electrons. The minimum atomic E-state index is -0.552. The Morgan fingerprint density at radius 1 is 1.03 bits per heavy atom. The highest BCUT2D eigenvalue weighted by Gasteiger charge is 2.42. The van der Waals surface area contributed by atoms with Gasteiger partial charge in [-0.2, -0.15) is 0 Å². The molecule has 1 atom stereocenters. The van der Waals surface area contributed by atoms with Crippen molar-refractivity contribution in [1.82, 2.24) is 9.97 Å². The number of allylic oxidation sites excluding steroid dienone is 2. The molecule has 1 aliphatic carbocycles. The lowest BCUT2D eigenvalue weighted by Gasteiger charge is -2.38. The number of anilines is 1. The number of nitrogens with zero attached hydrogens (tertiary/aromatic N) is 1. The standard InChI is InChI=1S/C28H29N3O4S/c1-28(2)13-18-23(19(32)14-28)22(17-10-11-20(34-3)21(12-17)35-4)24-25(29-18)30-27(31-26(24)33)36-15-16-8-6-5-7-9-16/h5-12,22H,13-15H2,1-4H3,(H2,29,30,31,33)/t22-/m0/s1. The summed E-state index contributed by atoms with van der Waals surface area (Å²) in [6.07, 6.45) is 1.11. The SMILES string of the molecule is COc1ccc([C@H]2C3=C(CC(C)(C)CC3=O)Nc3nc(SCc4ccccc4)[nH]c(=O)c32)cc1OC. The fourth-order valence-corrected chi connectivity index (χ4v) is 5.87. The summed E-state index contributed by atoms with van der Waals surface area (Å²) in [6.45, 7) is 4.17. The molecule has 5 rings (SSSR count). The molecule has 3 aromatic rings. The summed E-state index contributed by atoms with van der Waals surface area (Å²) in [5, 5.41) is 3.91. The maximum absolute atomic E-state index is 13.5. The van der Waals surface area contributed by atoms with Crippen LogP contribution in [0.5, 0.6) is 11.5 Å². The maximum atomic E-state index is 13.5. The van der Waals surface area contributed by atoms with Gasteiger partial charge in [-0.25, -0.2) is 4.98 Å². The van der Waals surface area contributed by atoms with Crippen molar-refractivity contribution in [3.8, 4) is 11.5 Å². The Morgan fingerprint density at radius 3 is 2.50 bits per heavy atom. The van der Waals surface area contributed by atoms with E-state index in [1.807, 2.05) is 42.5 Å². The molecule has 0 bridgehead atoms. The first-order valence-corrected chi connectivity index (χ1v) is 12.8. The first-order valence-electron chi connectivity index (χ1n) is 11.9. The number of ether oxygens (including phenoxy) is 2. The van der Waals surface area contributed by atoms with Crippen LogP contribution in [0.25, 0.3) is 0 Å². The number of benzene rings is 2. The van der Waals surface area contributed by atoms with Crippen molar-refractivity contribution in [1.29, 1.82) is 0 Å². The van der Waals surface area contributed by atoms with Gasteiger partial charge in [-0.15, -0.1) is 0 Å². The number of nitrogens with one attached hydrogen (secondary N) is 2. The second-order valence-corrected chi connectivity index (χ2v) is 10.9. The van der Waals surface area contributed by atoms with Crippen LogP contribution in [0.4, 0.5) is 5.82 Å². The number of aromatic amines is 1. The molecule has 36 heavy (non-hydrogen) atoms. The number of hydrogen-bond acceptors (Lipinski definition) is 7. The van der Waals surface area contributed by atoms with Crippen LogP contribution in [-0.4, -0.2) is 30.0 Å². The molecule has 7 nitrogen and oxygen atoms in total. The number of thioether (sulfide) groups is 1. The van der Waals surface area contributed by atoms with E-state index in [0.717, 1.165) is 16.8 Å². The van der Waals surface area contributed by atoms with E-state index < -0.39 is 5.92 Å². The maximum Gasteiger partial charge on any atom is 0.257 e. The Kier molecular flexibility index (Phi) is 6.38. The summed E-state index contributed by atoms with van der Waals surface area (Å²) >= 11 is 1.47. The summed E-state index contributed by atoms with van der Waals surface area (Å²) in [5.41, 5.74) is 3.39. The largest absolute Gasteiger partial charge is 0.493 e. The normalized spacial score (nSPS) is 18.2. The number of hydrogen-bond donors (Lipinski definition) is 2. The molecule has 2 aliphatic rings. The topological polar surface area (TPSA) is 93.3 Å². The van der Waals surface area contributed by atoms with E-state index in [1.165, 1.54) is 11.8 Å². The third kappa shape index (κ3) is 4.53. The molecule has 0 saturated heterocycles. The van der Waals surface area contributed by atoms with Crippen molar-refractivity contribution in [3.05, 3.63) is 86.8 Å². The predicted octanol–water partition coefficient (Wildman–Crippen LogP) is 5.28. The summed E-state index contributed by atoms with van der Waals surface area (Å²) in [5.74, 6) is 1.80. The first-order chi connectivity index (χ1) is 17.3. The van der Waals surface area contributed by atoms with Crippen LogP contribution in [-0.2, 0) is 10.5 Å². The molecule has 1 aromatic heterocycles.